The first kappa shape index (κ1) is 14.9. The van der Waals surface area contributed by atoms with Gasteiger partial charge in [0.05, 0.1) is 6.42 Å². The van der Waals surface area contributed by atoms with Crippen LogP contribution in [0.15, 0.2) is 52.9 Å². The quantitative estimate of drug-likeness (QED) is 0.802. The number of nitrogens with one attached hydrogen (secondary N) is 1. The molecule has 23 heavy (non-hydrogen) atoms. The summed E-state index contributed by atoms with van der Waals surface area (Å²) in [6.07, 6.45) is 0.486. The lowest BCUT2D eigenvalue weighted by atomic mass is 10.1. The monoisotopic (exact) mass is 311 g/mol. The molecule has 3 rings (SSSR count). The van der Waals surface area contributed by atoms with Crippen molar-refractivity contribution >= 4 is 11.9 Å². The van der Waals surface area contributed by atoms with E-state index < -0.39 is 11.7 Å². The van der Waals surface area contributed by atoms with E-state index in [2.05, 4.69) is 15.5 Å². The van der Waals surface area contributed by atoms with Crippen molar-refractivity contribution in [3.63, 3.8) is 0 Å². The molecule has 0 saturated carbocycles. The summed E-state index contributed by atoms with van der Waals surface area (Å²) in [5.74, 6) is -0.432. The smallest absolute Gasteiger partial charge is 0.322 e. The van der Waals surface area contributed by atoms with Gasteiger partial charge < -0.3 is 4.42 Å². The van der Waals surface area contributed by atoms with Crippen LogP contribution < -0.4 is 5.32 Å². The van der Waals surface area contributed by atoms with E-state index in [1.54, 1.807) is 0 Å². The van der Waals surface area contributed by atoms with E-state index in [1.807, 2.05) is 31.2 Å². The molecule has 0 radical (unpaired) electrons. The van der Waals surface area contributed by atoms with Gasteiger partial charge in [-0.05, 0) is 36.8 Å². The van der Waals surface area contributed by atoms with Crippen molar-refractivity contribution in [3.8, 4) is 0 Å². The van der Waals surface area contributed by atoms with Crippen molar-refractivity contribution in [2.24, 2.45) is 0 Å². The number of nitrogens with zero attached hydrogens (tertiary/aromatic N) is 2. The topological polar surface area (TPSA) is 68.0 Å². The second kappa shape index (κ2) is 6.39. The van der Waals surface area contributed by atoms with Crippen LogP contribution in [0.5, 0.6) is 0 Å². The summed E-state index contributed by atoms with van der Waals surface area (Å²) < 4.78 is 18.2. The van der Waals surface area contributed by atoms with Gasteiger partial charge in [-0.3, -0.25) is 10.1 Å². The molecule has 0 bridgehead atoms. The van der Waals surface area contributed by atoms with Gasteiger partial charge in [-0.1, -0.05) is 34.9 Å². The zero-order valence-corrected chi connectivity index (χ0v) is 12.4. The Morgan fingerprint density at radius 1 is 1.09 bits per heavy atom. The predicted octanol–water partition coefficient (Wildman–Crippen LogP) is 3.36. The highest BCUT2D eigenvalue weighted by Gasteiger charge is 2.12. The molecular formula is C17H14FN3O2. The second-order valence-corrected chi connectivity index (χ2v) is 5.12. The highest BCUT2D eigenvalue weighted by molar-refractivity contribution is 6.03. The van der Waals surface area contributed by atoms with Crippen molar-refractivity contribution in [1.82, 2.24) is 10.2 Å². The minimum absolute atomic E-state index is 0.0152. The molecule has 1 heterocycles. The Hall–Kier alpha value is -3.02. The standard InChI is InChI=1S/C17H14FN3O2/c1-11-2-4-12(5-3-11)10-15-20-21-17(23-15)19-16(22)13-6-8-14(18)9-7-13/h2-9H,10H2,1H3,(H,19,21,22). The Labute approximate surface area is 132 Å². The molecule has 0 aliphatic rings. The number of aromatic nitrogens is 2. The first-order chi connectivity index (χ1) is 11.1. The van der Waals surface area contributed by atoms with E-state index in [9.17, 15) is 9.18 Å². The number of hydrogen-bond donors (Lipinski definition) is 1. The average Bonchev–Trinajstić information content (AvgIpc) is 2.97. The van der Waals surface area contributed by atoms with Crippen LogP contribution in [0.1, 0.15) is 27.4 Å². The molecule has 6 heteroatoms. The fourth-order valence-corrected chi connectivity index (χ4v) is 2.03. The van der Waals surface area contributed by atoms with Gasteiger partial charge in [-0.25, -0.2) is 4.39 Å². The van der Waals surface area contributed by atoms with Gasteiger partial charge in [0.15, 0.2) is 0 Å². The first-order valence-electron chi connectivity index (χ1n) is 7.05. The van der Waals surface area contributed by atoms with Gasteiger partial charge in [0.1, 0.15) is 5.82 Å². The maximum atomic E-state index is 12.8. The fourth-order valence-electron chi connectivity index (χ4n) is 2.03. The highest BCUT2D eigenvalue weighted by Crippen LogP contribution is 2.13. The molecule has 0 unspecified atom stereocenters. The molecule has 2 aromatic carbocycles. The molecule has 3 aromatic rings. The molecule has 1 amide bonds. The van der Waals surface area contributed by atoms with Crippen molar-refractivity contribution in [2.75, 3.05) is 5.32 Å². The minimum atomic E-state index is -0.435. The molecule has 0 atom stereocenters. The van der Waals surface area contributed by atoms with Gasteiger partial charge in [0, 0.05) is 5.56 Å². The van der Waals surface area contributed by atoms with E-state index in [0.717, 1.165) is 5.56 Å². The van der Waals surface area contributed by atoms with Gasteiger partial charge >= 0.3 is 6.01 Å². The van der Waals surface area contributed by atoms with Gasteiger partial charge in [0.25, 0.3) is 5.91 Å². The third-order valence-corrected chi connectivity index (χ3v) is 3.27. The lowest BCUT2D eigenvalue weighted by Gasteiger charge is -2.00. The first-order valence-corrected chi connectivity index (χ1v) is 7.05. The van der Waals surface area contributed by atoms with E-state index in [1.165, 1.54) is 29.8 Å². The summed E-state index contributed by atoms with van der Waals surface area (Å²) in [6.45, 7) is 2.01. The van der Waals surface area contributed by atoms with Crippen LogP contribution in [-0.2, 0) is 6.42 Å². The molecule has 0 spiro atoms. The zero-order valence-electron chi connectivity index (χ0n) is 12.4. The van der Waals surface area contributed by atoms with Crippen LogP contribution in [0.25, 0.3) is 0 Å². The largest absolute Gasteiger partial charge is 0.407 e. The van der Waals surface area contributed by atoms with E-state index in [0.29, 0.717) is 17.9 Å². The minimum Gasteiger partial charge on any atom is -0.407 e. The van der Waals surface area contributed by atoms with Crippen LogP contribution in [0, 0.1) is 12.7 Å². The summed E-state index contributed by atoms with van der Waals surface area (Å²) in [4.78, 5) is 12.0. The maximum absolute atomic E-state index is 12.8. The summed E-state index contributed by atoms with van der Waals surface area (Å²) in [5.41, 5.74) is 2.52. The van der Waals surface area contributed by atoms with Crippen LogP contribution >= 0.6 is 0 Å². The molecule has 1 aromatic heterocycles. The summed E-state index contributed by atoms with van der Waals surface area (Å²) in [6, 6.07) is 13.2. The van der Waals surface area contributed by atoms with Gasteiger partial charge in [-0.15, -0.1) is 5.10 Å². The second-order valence-electron chi connectivity index (χ2n) is 5.12. The predicted molar refractivity (Wildman–Crippen MR) is 82.6 cm³/mol. The lowest BCUT2D eigenvalue weighted by Crippen LogP contribution is -2.12. The Bertz CT molecular complexity index is 811. The van der Waals surface area contributed by atoms with Crippen LogP contribution in [-0.4, -0.2) is 16.1 Å². The van der Waals surface area contributed by atoms with E-state index in [-0.39, 0.29) is 6.01 Å². The van der Waals surface area contributed by atoms with Crippen LogP contribution in [0.3, 0.4) is 0 Å². The van der Waals surface area contributed by atoms with Crippen molar-refractivity contribution in [3.05, 3.63) is 76.9 Å². The number of carbonyl (C=O) groups excluding carboxylic acids is 1. The Morgan fingerprint density at radius 3 is 2.48 bits per heavy atom. The third-order valence-electron chi connectivity index (χ3n) is 3.27. The van der Waals surface area contributed by atoms with Crippen LogP contribution in [0.4, 0.5) is 10.4 Å². The zero-order chi connectivity index (χ0) is 16.2. The normalized spacial score (nSPS) is 10.5. The van der Waals surface area contributed by atoms with Gasteiger partial charge in [0.2, 0.25) is 5.89 Å². The highest BCUT2D eigenvalue weighted by atomic mass is 19.1. The number of aryl methyl sites for hydroxylation is 1. The molecule has 5 nitrogen and oxygen atoms in total. The van der Waals surface area contributed by atoms with Crippen molar-refractivity contribution in [1.29, 1.82) is 0 Å². The summed E-state index contributed by atoms with van der Waals surface area (Å²) >= 11 is 0. The number of anilines is 1. The van der Waals surface area contributed by atoms with Crippen molar-refractivity contribution < 1.29 is 13.6 Å². The SMILES string of the molecule is Cc1ccc(Cc2nnc(NC(=O)c3ccc(F)cc3)o2)cc1. The molecule has 116 valence electrons. The Kier molecular flexibility index (Phi) is 4.14. The summed E-state index contributed by atoms with van der Waals surface area (Å²) in [5, 5.41) is 10.2. The fraction of sp³-hybridized carbons (Fsp3) is 0.118. The van der Waals surface area contributed by atoms with Crippen LogP contribution in [0.2, 0.25) is 0 Å². The summed E-state index contributed by atoms with van der Waals surface area (Å²) in [7, 11) is 0. The number of carbonyl (C=O) groups is 1. The molecule has 0 aliphatic carbocycles. The number of amides is 1. The lowest BCUT2D eigenvalue weighted by molar-refractivity contribution is 0.102. The molecule has 0 aliphatic heterocycles. The van der Waals surface area contributed by atoms with E-state index in [4.69, 9.17) is 4.42 Å². The van der Waals surface area contributed by atoms with E-state index >= 15 is 0 Å². The Balaban J connectivity index is 1.66. The molecule has 0 fully saturated rings. The third kappa shape index (κ3) is 3.79. The average molecular weight is 311 g/mol. The maximum Gasteiger partial charge on any atom is 0.322 e. The molecule has 0 saturated heterocycles. The van der Waals surface area contributed by atoms with Crippen molar-refractivity contribution in [2.45, 2.75) is 13.3 Å². The van der Waals surface area contributed by atoms with Gasteiger partial charge in [-0.2, -0.15) is 0 Å². The number of hydrogen-bond acceptors (Lipinski definition) is 4. The number of benzene rings is 2. The number of rotatable bonds is 4. The molecular weight excluding hydrogens is 297 g/mol. The Morgan fingerprint density at radius 2 is 1.78 bits per heavy atom. The number of halogens is 1. The molecule has 1 N–H and O–H groups in total.